The van der Waals surface area contributed by atoms with Gasteiger partial charge in [-0.2, -0.15) is 0 Å². The van der Waals surface area contributed by atoms with E-state index in [9.17, 15) is 4.79 Å². The number of carbonyl (C=O) groups excluding carboxylic acids is 1. The van der Waals surface area contributed by atoms with Crippen molar-refractivity contribution in [2.24, 2.45) is 0 Å². The van der Waals surface area contributed by atoms with Crippen LogP contribution in [0.1, 0.15) is 26.2 Å². The summed E-state index contributed by atoms with van der Waals surface area (Å²) >= 11 is 0. The van der Waals surface area contributed by atoms with Crippen LogP contribution in [0.3, 0.4) is 0 Å². The maximum absolute atomic E-state index is 11.6. The van der Waals surface area contributed by atoms with E-state index in [-0.39, 0.29) is 6.09 Å². The monoisotopic (exact) mass is 255 g/mol. The zero-order chi connectivity index (χ0) is 12.8. The highest BCUT2D eigenvalue weighted by molar-refractivity contribution is 5.67. The van der Waals surface area contributed by atoms with Crippen molar-refractivity contribution in [1.29, 1.82) is 0 Å². The van der Waals surface area contributed by atoms with Gasteiger partial charge in [0.05, 0.1) is 6.61 Å². The Bertz CT molecular complexity index is 257. The van der Waals surface area contributed by atoms with Gasteiger partial charge in [-0.3, -0.25) is 4.90 Å². The Kier molecular flexibility index (Phi) is 5.26. The summed E-state index contributed by atoms with van der Waals surface area (Å²) in [5.41, 5.74) is 0. The first-order valence-electron chi connectivity index (χ1n) is 7.17. The molecule has 1 N–H and O–H groups in total. The van der Waals surface area contributed by atoms with Crippen molar-refractivity contribution in [3.05, 3.63) is 0 Å². The van der Waals surface area contributed by atoms with Gasteiger partial charge >= 0.3 is 6.09 Å². The topological polar surface area (TPSA) is 44.8 Å². The predicted octanol–water partition coefficient (Wildman–Crippen LogP) is 0.903. The standard InChI is InChI=1S/C13H25N3O2/c1-2-18-13(17)16-10-8-15(9-11-16)12-4-3-6-14-7-5-12/h12,14H,2-11H2,1H3. The van der Waals surface area contributed by atoms with Crippen molar-refractivity contribution in [3.63, 3.8) is 0 Å². The van der Waals surface area contributed by atoms with Crippen LogP contribution < -0.4 is 5.32 Å². The Morgan fingerprint density at radius 1 is 1.22 bits per heavy atom. The van der Waals surface area contributed by atoms with Crippen LogP contribution in [0.15, 0.2) is 0 Å². The SMILES string of the molecule is CCOC(=O)N1CCN(C2CCCNCC2)CC1. The minimum absolute atomic E-state index is 0.153. The van der Waals surface area contributed by atoms with Crippen LogP contribution in [0.25, 0.3) is 0 Å². The molecular weight excluding hydrogens is 230 g/mol. The summed E-state index contributed by atoms with van der Waals surface area (Å²) < 4.78 is 5.04. The van der Waals surface area contributed by atoms with Gasteiger partial charge in [0.25, 0.3) is 0 Å². The molecule has 0 bridgehead atoms. The smallest absolute Gasteiger partial charge is 0.409 e. The molecule has 5 heteroatoms. The van der Waals surface area contributed by atoms with Crippen LogP contribution >= 0.6 is 0 Å². The molecule has 2 aliphatic heterocycles. The zero-order valence-electron chi connectivity index (χ0n) is 11.4. The van der Waals surface area contributed by atoms with Crippen LogP contribution in [0.5, 0.6) is 0 Å². The molecule has 1 atom stereocenters. The Morgan fingerprint density at radius 3 is 2.72 bits per heavy atom. The molecule has 2 fully saturated rings. The summed E-state index contributed by atoms with van der Waals surface area (Å²) in [4.78, 5) is 16.0. The number of amides is 1. The molecule has 2 heterocycles. The third-order valence-corrected chi connectivity index (χ3v) is 3.90. The van der Waals surface area contributed by atoms with Crippen molar-refractivity contribution in [1.82, 2.24) is 15.1 Å². The molecule has 0 saturated carbocycles. The number of hydrogen-bond acceptors (Lipinski definition) is 4. The normalized spacial score (nSPS) is 26.7. The molecule has 2 saturated heterocycles. The minimum Gasteiger partial charge on any atom is -0.450 e. The molecule has 1 amide bonds. The summed E-state index contributed by atoms with van der Waals surface area (Å²) in [5, 5.41) is 3.45. The third-order valence-electron chi connectivity index (χ3n) is 3.90. The Labute approximate surface area is 109 Å². The van der Waals surface area contributed by atoms with Crippen molar-refractivity contribution in [2.45, 2.75) is 32.2 Å². The maximum Gasteiger partial charge on any atom is 0.409 e. The lowest BCUT2D eigenvalue weighted by Gasteiger charge is -2.38. The Balaban J connectivity index is 1.76. The number of carbonyl (C=O) groups is 1. The van der Waals surface area contributed by atoms with E-state index in [2.05, 4.69) is 10.2 Å². The highest BCUT2D eigenvalue weighted by Crippen LogP contribution is 2.16. The summed E-state index contributed by atoms with van der Waals surface area (Å²) in [6.07, 6.45) is 3.63. The van der Waals surface area contributed by atoms with E-state index in [0.717, 1.165) is 39.3 Å². The van der Waals surface area contributed by atoms with E-state index in [1.165, 1.54) is 19.3 Å². The van der Waals surface area contributed by atoms with Gasteiger partial charge in [0.1, 0.15) is 0 Å². The number of hydrogen-bond donors (Lipinski definition) is 1. The minimum atomic E-state index is -0.153. The van der Waals surface area contributed by atoms with E-state index in [1.54, 1.807) is 0 Å². The summed E-state index contributed by atoms with van der Waals surface area (Å²) in [6, 6.07) is 0.698. The van der Waals surface area contributed by atoms with E-state index in [4.69, 9.17) is 4.74 Å². The molecule has 0 aromatic rings. The largest absolute Gasteiger partial charge is 0.450 e. The first kappa shape index (κ1) is 13.6. The molecule has 0 aromatic carbocycles. The van der Waals surface area contributed by atoms with E-state index >= 15 is 0 Å². The number of ether oxygens (including phenoxy) is 1. The second kappa shape index (κ2) is 6.95. The van der Waals surface area contributed by atoms with Gasteiger partial charge in [-0.25, -0.2) is 4.79 Å². The lowest BCUT2D eigenvalue weighted by atomic mass is 10.1. The van der Waals surface area contributed by atoms with Crippen molar-refractivity contribution in [2.75, 3.05) is 45.9 Å². The molecule has 0 aliphatic carbocycles. The van der Waals surface area contributed by atoms with Gasteiger partial charge < -0.3 is 15.0 Å². The van der Waals surface area contributed by atoms with Crippen LogP contribution in [0.2, 0.25) is 0 Å². The van der Waals surface area contributed by atoms with Crippen LogP contribution in [-0.4, -0.2) is 67.8 Å². The van der Waals surface area contributed by atoms with Gasteiger partial charge in [0.2, 0.25) is 0 Å². The second-order valence-corrected chi connectivity index (χ2v) is 5.06. The van der Waals surface area contributed by atoms with Crippen molar-refractivity contribution < 1.29 is 9.53 Å². The van der Waals surface area contributed by atoms with Gasteiger partial charge in [0, 0.05) is 32.2 Å². The molecule has 2 rings (SSSR count). The second-order valence-electron chi connectivity index (χ2n) is 5.06. The maximum atomic E-state index is 11.6. The average molecular weight is 255 g/mol. The van der Waals surface area contributed by atoms with Crippen molar-refractivity contribution in [3.8, 4) is 0 Å². The molecule has 104 valence electrons. The number of nitrogens with one attached hydrogen (secondary N) is 1. The molecule has 1 unspecified atom stereocenters. The average Bonchev–Trinajstić information content (AvgIpc) is 2.68. The zero-order valence-corrected chi connectivity index (χ0v) is 11.4. The fraction of sp³-hybridized carbons (Fsp3) is 0.923. The highest BCUT2D eigenvalue weighted by Gasteiger charge is 2.26. The van der Waals surface area contributed by atoms with Crippen molar-refractivity contribution >= 4 is 6.09 Å². The van der Waals surface area contributed by atoms with Gasteiger partial charge in [-0.05, 0) is 39.3 Å². The lowest BCUT2D eigenvalue weighted by Crippen LogP contribution is -2.52. The molecule has 0 spiro atoms. The van der Waals surface area contributed by atoms with Crippen LogP contribution in [-0.2, 0) is 4.74 Å². The number of nitrogens with zero attached hydrogens (tertiary/aromatic N) is 2. The molecule has 18 heavy (non-hydrogen) atoms. The Hall–Kier alpha value is -0.810. The van der Waals surface area contributed by atoms with Crippen LogP contribution in [0.4, 0.5) is 4.79 Å². The third kappa shape index (κ3) is 3.59. The highest BCUT2D eigenvalue weighted by atomic mass is 16.6. The molecular formula is C13H25N3O2. The van der Waals surface area contributed by atoms with Gasteiger partial charge in [0.15, 0.2) is 0 Å². The van der Waals surface area contributed by atoms with E-state index < -0.39 is 0 Å². The van der Waals surface area contributed by atoms with Gasteiger partial charge in [-0.15, -0.1) is 0 Å². The quantitative estimate of drug-likeness (QED) is 0.796. The first-order valence-corrected chi connectivity index (χ1v) is 7.17. The Morgan fingerprint density at radius 2 is 2.00 bits per heavy atom. The fourth-order valence-corrected chi connectivity index (χ4v) is 2.85. The molecule has 0 radical (unpaired) electrons. The van der Waals surface area contributed by atoms with E-state index in [0.29, 0.717) is 12.6 Å². The van der Waals surface area contributed by atoms with Crippen LogP contribution in [0, 0.1) is 0 Å². The van der Waals surface area contributed by atoms with Gasteiger partial charge in [-0.1, -0.05) is 0 Å². The number of piperazine rings is 1. The predicted molar refractivity (Wildman–Crippen MR) is 70.7 cm³/mol. The lowest BCUT2D eigenvalue weighted by molar-refractivity contribution is 0.0636. The fourth-order valence-electron chi connectivity index (χ4n) is 2.85. The summed E-state index contributed by atoms with van der Waals surface area (Å²) in [7, 11) is 0. The molecule has 5 nitrogen and oxygen atoms in total. The van der Waals surface area contributed by atoms with E-state index in [1.807, 2.05) is 11.8 Å². The summed E-state index contributed by atoms with van der Waals surface area (Å²) in [5.74, 6) is 0. The molecule has 0 aromatic heterocycles. The summed E-state index contributed by atoms with van der Waals surface area (Å²) in [6.45, 7) is 8.19. The number of rotatable bonds is 2. The first-order chi connectivity index (χ1) is 8.81. The molecule has 2 aliphatic rings.